The standard InChI is InChI=1S/C16H15NO2.2C15H20N2O.C14H18N2O.C13H16N2O.C12H13NO2.C10H11NO/c1-3-7-13(8-4-1)12-18-16-11-15(19-17-16)14-9-5-2-6-10-14;1-12-7-9-17(10-8-12)15-11-14(18-16-15)13-5-3-2-4-6-13;1-2-7-11-17(10-6-1)15-12-14(18-16-15)13-8-4-3-5-9-13;1-3-7-12(8-4-1)13-11-14(15-17-13)16-9-5-2-6-10-16;1-2-6-11(7-3-1)12-10-13(14-16-12)15-8-4-5-9-15;1-2-8-14-12-9-11(15-13-12)10-6-4-3-5-7-10;1-8-7-10(12-11-8)9-5-3-2-4-6-9/h1-10,15H,11-12H2;2-6,12,14H,7-11H2,1H3;3-5,8-9,14H,1-2,6-7,10-12H2;1,3-4,7-8,13H,2,5-6,9-11H2;1-3,6-7,12H,4-5,8-10H2;2-7,11H,1,8-9H2;2-6,10H,7H2,1H3. The van der Waals surface area contributed by atoms with Crippen molar-refractivity contribution in [1.82, 2.24) is 19.6 Å². The Morgan fingerprint density at radius 3 is 0.861 bits per heavy atom. The summed E-state index contributed by atoms with van der Waals surface area (Å²) in [6, 6.07) is 81.8. The molecule has 0 spiro atoms. The largest absolute Gasteiger partial charge is 0.474 e. The zero-order chi connectivity index (χ0) is 78.7. The molecule has 19 rings (SSSR count). The van der Waals surface area contributed by atoms with Crippen molar-refractivity contribution in [2.75, 3.05) is 59.0 Å². The third-order valence-corrected chi connectivity index (χ3v) is 21.8. The van der Waals surface area contributed by atoms with Crippen molar-refractivity contribution in [3.63, 3.8) is 0 Å². The van der Waals surface area contributed by atoms with Gasteiger partial charge < -0.3 is 62.9 Å². The predicted octanol–water partition coefficient (Wildman–Crippen LogP) is 20.9. The van der Waals surface area contributed by atoms with E-state index in [4.69, 9.17) is 43.3 Å². The lowest BCUT2D eigenvalue weighted by Crippen LogP contribution is -2.37. The van der Waals surface area contributed by atoms with E-state index < -0.39 is 0 Å². The quantitative estimate of drug-likeness (QED) is 0.112. The third-order valence-electron chi connectivity index (χ3n) is 21.8. The van der Waals surface area contributed by atoms with Gasteiger partial charge in [0.1, 0.15) is 36.6 Å². The molecule has 7 unspecified atom stereocenters. The number of piperidine rings is 2. The Bertz CT molecular complexity index is 4390. The molecule has 11 aliphatic rings. The van der Waals surface area contributed by atoms with Crippen LogP contribution in [0.1, 0.15) is 217 Å². The summed E-state index contributed by atoms with van der Waals surface area (Å²) < 4.78 is 11.0. The van der Waals surface area contributed by atoms with Gasteiger partial charge in [-0.05, 0) is 115 Å². The van der Waals surface area contributed by atoms with Gasteiger partial charge in [-0.1, -0.05) is 311 Å². The van der Waals surface area contributed by atoms with Crippen LogP contribution in [-0.2, 0) is 49.9 Å². The second-order valence-corrected chi connectivity index (χ2v) is 30.5. The molecule has 115 heavy (non-hydrogen) atoms. The van der Waals surface area contributed by atoms with E-state index in [1.54, 1.807) is 6.08 Å². The molecule has 0 amide bonds. The molecule has 0 radical (unpaired) electrons. The van der Waals surface area contributed by atoms with Gasteiger partial charge in [-0.25, -0.2) is 0 Å². The molecular formula is C95H113N11O9. The SMILES string of the molecule is C=CCOC1=NOC(c2ccccc2)C1.CC1=NOC(c2ccccc2)C1.CC1CCN(C2=NOC(c3ccccc3)C2)CC1.c1ccc(C2CC(N3CCCC3)=NO2)cc1.c1ccc(C2CC(N3CCCCC3)=NO2)cc1.c1ccc(C2CC(N3CCCCCC3)=NO2)cc1.c1ccc(COC2=NOC(c3ccccc3)C2)cc1. The average Bonchev–Trinajstić information content (AvgIpc) is 1.86. The molecule has 8 aromatic rings. The van der Waals surface area contributed by atoms with Crippen LogP contribution in [0.5, 0.6) is 0 Å². The van der Waals surface area contributed by atoms with Crippen LogP contribution in [0.15, 0.2) is 291 Å². The van der Waals surface area contributed by atoms with Gasteiger partial charge in [0.25, 0.3) is 0 Å². The topological polar surface area (TPSA) is 183 Å². The minimum Gasteiger partial charge on any atom is -0.474 e. The highest BCUT2D eigenvalue weighted by molar-refractivity contribution is 5.86. The minimum atomic E-state index is -0.0213. The number of oxime groups is 7. The summed E-state index contributed by atoms with van der Waals surface area (Å²) in [6.45, 7) is 18.0. The summed E-state index contributed by atoms with van der Waals surface area (Å²) in [5, 5.41) is 28.9. The highest BCUT2D eigenvalue weighted by atomic mass is 16.7. The van der Waals surface area contributed by atoms with E-state index >= 15 is 0 Å². The summed E-state index contributed by atoms with van der Waals surface area (Å²) in [5.74, 6) is 6.71. The summed E-state index contributed by atoms with van der Waals surface area (Å²) in [6.07, 6.45) is 22.6. The van der Waals surface area contributed by atoms with E-state index in [1.165, 1.54) is 98.4 Å². The molecule has 0 saturated carbocycles. The van der Waals surface area contributed by atoms with Crippen molar-refractivity contribution in [2.24, 2.45) is 42.0 Å². The maximum Gasteiger partial charge on any atom is 0.230 e. The van der Waals surface area contributed by atoms with Crippen LogP contribution >= 0.6 is 0 Å². The normalized spacial score (nSPS) is 22.4. The van der Waals surface area contributed by atoms with E-state index in [0.29, 0.717) is 37.9 Å². The Labute approximate surface area is 679 Å². The van der Waals surface area contributed by atoms with Gasteiger partial charge in [0.05, 0.1) is 44.2 Å². The molecule has 602 valence electrons. The second kappa shape index (κ2) is 44.3. The first kappa shape index (κ1) is 81.6. The van der Waals surface area contributed by atoms with Crippen molar-refractivity contribution in [3.8, 4) is 0 Å². The van der Waals surface area contributed by atoms with E-state index in [0.717, 1.165) is 136 Å². The first-order valence-electron chi connectivity index (χ1n) is 41.6. The van der Waals surface area contributed by atoms with Gasteiger partial charge in [-0.2, -0.15) is 0 Å². The smallest absolute Gasteiger partial charge is 0.230 e. The van der Waals surface area contributed by atoms with Gasteiger partial charge in [0.15, 0.2) is 42.7 Å². The first-order chi connectivity index (χ1) is 56.8. The van der Waals surface area contributed by atoms with Gasteiger partial charge in [0, 0.05) is 58.8 Å². The van der Waals surface area contributed by atoms with Crippen LogP contribution < -0.4 is 0 Å². The van der Waals surface area contributed by atoms with Crippen molar-refractivity contribution in [1.29, 1.82) is 0 Å². The number of hydrogen-bond donors (Lipinski definition) is 0. The van der Waals surface area contributed by atoms with Crippen LogP contribution in [0, 0.1) is 5.92 Å². The second-order valence-electron chi connectivity index (χ2n) is 30.5. The van der Waals surface area contributed by atoms with Crippen LogP contribution in [0.2, 0.25) is 0 Å². The molecule has 4 saturated heterocycles. The van der Waals surface area contributed by atoms with E-state index in [9.17, 15) is 0 Å². The lowest BCUT2D eigenvalue weighted by atomic mass is 9.98. The number of amidine groups is 4. The van der Waals surface area contributed by atoms with Gasteiger partial charge in [-0.3, -0.25) is 0 Å². The summed E-state index contributed by atoms with van der Waals surface area (Å²) >= 11 is 0. The van der Waals surface area contributed by atoms with Crippen molar-refractivity contribution >= 4 is 40.8 Å². The fourth-order valence-corrected chi connectivity index (χ4v) is 15.1. The van der Waals surface area contributed by atoms with Gasteiger partial charge in [-0.15, -0.1) is 0 Å². The minimum absolute atomic E-state index is 0.00832. The van der Waals surface area contributed by atoms with Crippen LogP contribution in [0.3, 0.4) is 0 Å². The van der Waals surface area contributed by atoms with Crippen molar-refractivity contribution in [3.05, 3.63) is 300 Å². The fraction of sp³-hybridized carbons (Fsp3) is 0.400. The molecule has 8 aromatic carbocycles. The van der Waals surface area contributed by atoms with E-state index in [1.807, 2.05) is 153 Å². The number of likely N-dealkylation sites (tertiary alicyclic amines) is 4. The molecule has 20 nitrogen and oxygen atoms in total. The molecule has 0 aliphatic carbocycles. The van der Waals surface area contributed by atoms with Crippen LogP contribution in [-0.4, -0.2) is 119 Å². The number of rotatable bonds is 11. The highest BCUT2D eigenvalue weighted by Gasteiger charge is 2.33. The Morgan fingerprint density at radius 1 is 0.304 bits per heavy atom. The maximum absolute atomic E-state index is 5.67. The van der Waals surface area contributed by atoms with Gasteiger partial charge in [0.2, 0.25) is 11.8 Å². The first-order valence-corrected chi connectivity index (χ1v) is 41.6. The number of ether oxygens (including phenoxy) is 2. The van der Waals surface area contributed by atoms with E-state index in [-0.39, 0.29) is 42.7 Å². The summed E-state index contributed by atoms with van der Waals surface area (Å²) in [7, 11) is 0. The Hall–Kier alpha value is -11.4. The van der Waals surface area contributed by atoms with Crippen molar-refractivity contribution < 1.29 is 43.3 Å². The molecule has 0 N–H and O–H groups in total. The molecular weight excluding hydrogens is 1440 g/mol. The molecule has 4 fully saturated rings. The molecule has 11 heterocycles. The fourth-order valence-electron chi connectivity index (χ4n) is 15.1. The van der Waals surface area contributed by atoms with Gasteiger partial charge >= 0.3 is 0 Å². The third kappa shape index (κ3) is 25.3. The molecule has 11 aliphatic heterocycles. The van der Waals surface area contributed by atoms with Crippen molar-refractivity contribution in [2.45, 2.75) is 179 Å². The molecule has 7 atom stereocenters. The number of benzene rings is 8. The van der Waals surface area contributed by atoms with Crippen LogP contribution in [0.4, 0.5) is 0 Å². The molecule has 0 bridgehead atoms. The highest BCUT2D eigenvalue weighted by Crippen LogP contribution is 2.36. The number of nitrogens with zero attached hydrogens (tertiary/aromatic N) is 11. The number of hydrogen-bond acceptors (Lipinski definition) is 20. The Balaban J connectivity index is 0.000000117. The summed E-state index contributed by atoms with van der Waals surface area (Å²) in [5.41, 5.74) is 10.6. The lowest BCUT2D eigenvalue weighted by molar-refractivity contribution is 0.0852. The Morgan fingerprint density at radius 2 is 0.557 bits per heavy atom. The molecule has 20 heteroatoms. The monoisotopic (exact) mass is 1550 g/mol. The summed E-state index contributed by atoms with van der Waals surface area (Å²) in [4.78, 5) is 47.7. The van der Waals surface area contributed by atoms with E-state index in [2.05, 4.69) is 166 Å². The lowest BCUT2D eigenvalue weighted by Gasteiger charge is -2.31. The maximum atomic E-state index is 5.67. The average molecular weight is 1550 g/mol. The van der Waals surface area contributed by atoms with Crippen LogP contribution in [0.25, 0.3) is 0 Å². The predicted molar refractivity (Wildman–Crippen MR) is 456 cm³/mol. The zero-order valence-corrected chi connectivity index (χ0v) is 66.9. The zero-order valence-electron chi connectivity index (χ0n) is 66.9. The Kier molecular flexibility index (Phi) is 31.4. The molecule has 0 aromatic heterocycles.